The molecule has 0 saturated carbocycles. The molecule has 0 bridgehead atoms. The molecule has 82 valence electrons. The van der Waals surface area contributed by atoms with Crippen molar-refractivity contribution in [3.63, 3.8) is 0 Å². The molecular formula is C8H8F2N2O3. The Labute approximate surface area is 83.3 Å². The standard InChI is InChI=1S/C8H8F2N2O3/c9-4-1-2-5(12(14)15)8(10)7(4)6(13)3-11/h1-2,6,13H,3,11H2/t6-/m1/s1. The van der Waals surface area contributed by atoms with Gasteiger partial charge in [-0.3, -0.25) is 10.1 Å². The largest absolute Gasteiger partial charge is 0.387 e. The Morgan fingerprint density at radius 2 is 2.13 bits per heavy atom. The lowest BCUT2D eigenvalue weighted by molar-refractivity contribution is -0.387. The van der Waals surface area contributed by atoms with Crippen LogP contribution in [0.15, 0.2) is 12.1 Å². The molecule has 0 amide bonds. The molecule has 0 saturated heterocycles. The maximum Gasteiger partial charge on any atom is 0.305 e. The first-order valence-corrected chi connectivity index (χ1v) is 3.99. The van der Waals surface area contributed by atoms with Crippen LogP contribution in [0.5, 0.6) is 0 Å². The second-order valence-corrected chi connectivity index (χ2v) is 2.80. The zero-order chi connectivity index (χ0) is 11.6. The van der Waals surface area contributed by atoms with E-state index in [0.717, 1.165) is 6.07 Å². The van der Waals surface area contributed by atoms with Crippen LogP contribution in [0.1, 0.15) is 11.7 Å². The van der Waals surface area contributed by atoms with Crippen LogP contribution in [0.25, 0.3) is 0 Å². The van der Waals surface area contributed by atoms with Gasteiger partial charge in [0, 0.05) is 12.6 Å². The van der Waals surface area contributed by atoms with Gasteiger partial charge in [0.2, 0.25) is 5.82 Å². The van der Waals surface area contributed by atoms with Crippen LogP contribution in [0.3, 0.4) is 0 Å². The molecule has 0 spiro atoms. The molecule has 5 nitrogen and oxygen atoms in total. The van der Waals surface area contributed by atoms with Gasteiger partial charge in [-0.05, 0) is 6.07 Å². The second-order valence-electron chi connectivity index (χ2n) is 2.80. The van der Waals surface area contributed by atoms with Gasteiger partial charge >= 0.3 is 5.69 Å². The summed E-state index contributed by atoms with van der Waals surface area (Å²) in [6, 6.07) is 1.41. The van der Waals surface area contributed by atoms with Crippen LogP contribution < -0.4 is 5.73 Å². The fourth-order valence-corrected chi connectivity index (χ4v) is 1.12. The third-order valence-electron chi connectivity index (χ3n) is 1.86. The number of hydrogen-bond acceptors (Lipinski definition) is 4. The number of hydrogen-bond donors (Lipinski definition) is 2. The molecule has 0 aliphatic carbocycles. The number of aliphatic hydroxyl groups is 1. The Morgan fingerprint density at radius 1 is 1.53 bits per heavy atom. The maximum atomic E-state index is 13.3. The molecule has 7 heteroatoms. The van der Waals surface area contributed by atoms with E-state index in [0.29, 0.717) is 6.07 Å². The van der Waals surface area contributed by atoms with Gasteiger partial charge in [0.1, 0.15) is 5.82 Å². The highest BCUT2D eigenvalue weighted by atomic mass is 19.1. The number of nitro groups is 1. The van der Waals surface area contributed by atoms with E-state index in [1.807, 2.05) is 0 Å². The zero-order valence-corrected chi connectivity index (χ0v) is 7.48. The Bertz CT molecular complexity index is 398. The molecule has 1 rings (SSSR count). The summed E-state index contributed by atoms with van der Waals surface area (Å²) in [5, 5.41) is 19.5. The van der Waals surface area contributed by atoms with Gasteiger partial charge in [0.15, 0.2) is 0 Å². The lowest BCUT2D eigenvalue weighted by Crippen LogP contribution is -2.15. The molecule has 1 aromatic carbocycles. The Balaban J connectivity index is 3.36. The molecule has 0 aliphatic rings. The van der Waals surface area contributed by atoms with E-state index < -0.39 is 40.5 Å². The number of rotatable bonds is 3. The molecule has 0 radical (unpaired) electrons. The molecule has 0 unspecified atom stereocenters. The van der Waals surface area contributed by atoms with Gasteiger partial charge in [-0.25, -0.2) is 4.39 Å². The summed E-state index contributed by atoms with van der Waals surface area (Å²) in [6.45, 7) is -0.422. The van der Waals surface area contributed by atoms with Gasteiger partial charge in [-0.2, -0.15) is 4.39 Å². The SMILES string of the molecule is NC[C@@H](O)c1c(F)ccc([N+](=O)[O-])c1F. The molecule has 0 heterocycles. The van der Waals surface area contributed by atoms with Crippen molar-refractivity contribution in [1.29, 1.82) is 0 Å². The lowest BCUT2D eigenvalue weighted by atomic mass is 10.1. The first kappa shape index (κ1) is 11.5. The Morgan fingerprint density at radius 3 is 2.60 bits per heavy atom. The highest BCUT2D eigenvalue weighted by molar-refractivity contribution is 5.38. The summed E-state index contributed by atoms with van der Waals surface area (Å²) in [4.78, 5) is 9.33. The van der Waals surface area contributed by atoms with E-state index in [9.17, 15) is 18.9 Å². The molecule has 1 atom stereocenters. The minimum Gasteiger partial charge on any atom is -0.387 e. The first-order valence-electron chi connectivity index (χ1n) is 3.99. The highest BCUT2D eigenvalue weighted by Crippen LogP contribution is 2.27. The Kier molecular flexibility index (Phi) is 3.28. The van der Waals surface area contributed by atoms with Crippen LogP contribution in [0, 0.1) is 21.7 Å². The van der Waals surface area contributed by atoms with Crippen LogP contribution in [-0.2, 0) is 0 Å². The number of nitrogens with zero attached hydrogens (tertiary/aromatic N) is 1. The monoisotopic (exact) mass is 218 g/mol. The minimum absolute atomic E-state index is 0.422. The van der Waals surface area contributed by atoms with Crippen molar-refractivity contribution in [2.75, 3.05) is 6.54 Å². The van der Waals surface area contributed by atoms with Crippen molar-refractivity contribution in [3.8, 4) is 0 Å². The summed E-state index contributed by atoms with van der Waals surface area (Å²) in [6.07, 6.45) is -1.59. The van der Waals surface area contributed by atoms with Crippen molar-refractivity contribution in [2.45, 2.75) is 6.10 Å². The van der Waals surface area contributed by atoms with Crippen LogP contribution in [-0.4, -0.2) is 16.6 Å². The van der Waals surface area contributed by atoms with Crippen molar-refractivity contribution < 1.29 is 18.8 Å². The number of aliphatic hydroxyl groups excluding tert-OH is 1. The summed E-state index contributed by atoms with van der Waals surface area (Å²) >= 11 is 0. The number of nitrogens with two attached hydrogens (primary N) is 1. The average Bonchev–Trinajstić information content (AvgIpc) is 2.16. The minimum atomic E-state index is -1.59. The first-order chi connectivity index (χ1) is 6.99. The van der Waals surface area contributed by atoms with E-state index in [-0.39, 0.29) is 0 Å². The molecular weight excluding hydrogens is 210 g/mol. The predicted octanol–water partition coefficient (Wildman–Crippen LogP) is 0.865. The van der Waals surface area contributed by atoms with Gasteiger partial charge in [0.05, 0.1) is 16.6 Å². The topological polar surface area (TPSA) is 89.4 Å². The normalized spacial score (nSPS) is 12.5. The van der Waals surface area contributed by atoms with Crippen LogP contribution >= 0.6 is 0 Å². The molecule has 0 aliphatic heterocycles. The summed E-state index contributed by atoms with van der Waals surface area (Å²) in [5.41, 5.74) is 3.35. The smallest absolute Gasteiger partial charge is 0.305 e. The Hall–Kier alpha value is -1.60. The zero-order valence-electron chi connectivity index (χ0n) is 7.48. The fraction of sp³-hybridized carbons (Fsp3) is 0.250. The number of nitro benzene ring substituents is 1. The molecule has 0 fully saturated rings. The van der Waals surface area contributed by atoms with Gasteiger partial charge < -0.3 is 10.8 Å². The van der Waals surface area contributed by atoms with Crippen molar-refractivity contribution in [3.05, 3.63) is 39.4 Å². The molecule has 3 N–H and O–H groups in total. The fourth-order valence-electron chi connectivity index (χ4n) is 1.12. The predicted molar refractivity (Wildman–Crippen MR) is 47.0 cm³/mol. The third kappa shape index (κ3) is 2.08. The van der Waals surface area contributed by atoms with Crippen LogP contribution in [0.4, 0.5) is 14.5 Å². The van der Waals surface area contributed by atoms with Crippen LogP contribution in [0.2, 0.25) is 0 Å². The molecule has 0 aromatic heterocycles. The summed E-state index contributed by atoms with van der Waals surface area (Å²) in [7, 11) is 0. The molecule has 15 heavy (non-hydrogen) atoms. The number of halogens is 2. The molecule has 1 aromatic rings. The van der Waals surface area contributed by atoms with E-state index in [1.165, 1.54) is 0 Å². The van der Waals surface area contributed by atoms with Crippen molar-refractivity contribution in [2.24, 2.45) is 5.73 Å². The van der Waals surface area contributed by atoms with E-state index in [1.54, 1.807) is 0 Å². The summed E-state index contributed by atoms with van der Waals surface area (Å²) in [5.74, 6) is -2.45. The maximum absolute atomic E-state index is 13.3. The van der Waals surface area contributed by atoms with Gasteiger partial charge in [0.25, 0.3) is 0 Å². The van der Waals surface area contributed by atoms with E-state index in [4.69, 9.17) is 10.8 Å². The van der Waals surface area contributed by atoms with Crippen molar-refractivity contribution >= 4 is 5.69 Å². The van der Waals surface area contributed by atoms with E-state index >= 15 is 0 Å². The van der Waals surface area contributed by atoms with Gasteiger partial charge in [-0.15, -0.1) is 0 Å². The summed E-state index contributed by atoms with van der Waals surface area (Å²) < 4.78 is 26.4. The third-order valence-corrected chi connectivity index (χ3v) is 1.86. The average molecular weight is 218 g/mol. The van der Waals surface area contributed by atoms with Gasteiger partial charge in [-0.1, -0.05) is 0 Å². The number of benzene rings is 1. The van der Waals surface area contributed by atoms with Crippen molar-refractivity contribution in [1.82, 2.24) is 0 Å². The lowest BCUT2D eigenvalue weighted by Gasteiger charge is -2.09. The van der Waals surface area contributed by atoms with E-state index in [2.05, 4.69) is 0 Å². The second kappa shape index (κ2) is 4.28. The highest BCUT2D eigenvalue weighted by Gasteiger charge is 2.25. The quantitative estimate of drug-likeness (QED) is 0.581.